The molecule has 1 atom stereocenters. The number of rotatable bonds is 5. The maximum Gasteiger partial charge on any atom is 0.277 e. The molecule has 9 heteroatoms. The van der Waals surface area contributed by atoms with Crippen LogP contribution >= 0.6 is 0 Å². The number of anilines is 2. The quantitative estimate of drug-likeness (QED) is 0.691. The number of fused-ring (bicyclic) bond motifs is 1. The minimum Gasteiger partial charge on any atom is -0.355 e. The third kappa shape index (κ3) is 3.65. The average molecular weight is 380 g/mol. The Morgan fingerprint density at radius 2 is 2.07 bits per heavy atom. The van der Waals surface area contributed by atoms with Gasteiger partial charge in [-0.2, -0.15) is 0 Å². The van der Waals surface area contributed by atoms with Crippen LogP contribution in [0.25, 0.3) is 5.65 Å². The molecule has 3 aromatic heterocycles. The second-order valence-corrected chi connectivity index (χ2v) is 7.20. The molecular weight excluding hydrogens is 356 g/mol. The zero-order valence-corrected chi connectivity index (χ0v) is 16.3. The number of carbonyl (C=O) groups excluding carboxylic acids is 1. The van der Waals surface area contributed by atoms with Crippen LogP contribution in [0.2, 0.25) is 0 Å². The number of hydrogen-bond donors (Lipinski definition) is 2. The highest BCUT2D eigenvalue weighted by Gasteiger charge is 2.23. The van der Waals surface area contributed by atoms with E-state index >= 15 is 0 Å². The maximum atomic E-state index is 12.5. The summed E-state index contributed by atoms with van der Waals surface area (Å²) in [6, 6.07) is 0. The van der Waals surface area contributed by atoms with E-state index in [-0.39, 0.29) is 11.6 Å². The molecule has 4 rings (SSSR count). The fourth-order valence-electron chi connectivity index (χ4n) is 3.61. The highest BCUT2D eigenvalue weighted by molar-refractivity contribution is 6.02. The first kappa shape index (κ1) is 18.3. The standard InChI is InChI=1S/C19H24N8O/c1-12-9-27-11-16(24-13(2)18(27)23-12)25-19(28)15-7-22-17(8-21-15)26-5-4-14(10-26)6-20-3/h7-9,11,14,20H,4-6,10H2,1-3H3,(H,25,28). The largest absolute Gasteiger partial charge is 0.355 e. The van der Waals surface area contributed by atoms with E-state index in [1.165, 1.54) is 6.20 Å². The van der Waals surface area contributed by atoms with Crippen LogP contribution in [0, 0.1) is 19.8 Å². The van der Waals surface area contributed by atoms with Crippen molar-refractivity contribution in [3.8, 4) is 0 Å². The van der Waals surface area contributed by atoms with Crippen LogP contribution in [-0.4, -0.2) is 56.9 Å². The average Bonchev–Trinajstić information content (AvgIpc) is 3.28. The molecule has 0 bridgehead atoms. The first-order valence-electron chi connectivity index (χ1n) is 9.39. The lowest BCUT2D eigenvalue weighted by atomic mass is 10.1. The first-order valence-corrected chi connectivity index (χ1v) is 9.39. The van der Waals surface area contributed by atoms with Gasteiger partial charge in [0.05, 0.1) is 30.0 Å². The van der Waals surface area contributed by atoms with Gasteiger partial charge in [-0.25, -0.2) is 19.9 Å². The van der Waals surface area contributed by atoms with Gasteiger partial charge < -0.3 is 19.9 Å². The summed E-state index contributed by atoms with van der Waals surface area (Å²) in [6.45, 7) is 6.69. The molecule has 1 fully saturated rings. The molecule has 1 unspecified atom stereocenters. The van der Waals surface area contributed by atoms with Crippen molar-refractivity contribution in [2.45, 2.75) is 20.3 Å². The number of hydrogen-bond acceptors (Lipinski definition) is 7. The van der Waals surface area contributed by atoms with Crippen molar-refractivity contribution in [3.63, 3.8) is 0 Å². The van der Waals surface area contributed by atoms with Crippen LogP contribution < -0.4 is 15.5 Å². The van der Waals surface area contributed by atoms with Crippen molar-refractivity contribution in [1.29, 1.82) is 0 Å². The Bertz CT molecular complexity index is 997. The molecule has 0 radical (unpaired) electrons. The molecule has 1 saturated heterocycles. The summed E-state index contributed by atoms with van der Waals surface area (Å²) in [4.78, 5) is 32.3. The molecule has 9 nitrogen and oxygen atoms in total. The van der Waals surface area contributed by atoms with Gasteiger partial charge in [0.1, 0.15) is 17.3 Å². The lowest BCUT2D eigenvalue weighted by Crippen LogP contribution is -2.25. The van der Waals surface area contributed by atoms with Crippen molar-refractivity contribution >= 4 is 23.2 Å². The Morgan fingerprint density at radius 3 is 2.82 bits per heavy atom. The lowest BCUT2D eigenvalue weighted by molar-refractivity contribution is 0.102. The number of carbonyl (C=O) groups is 1. The van der Waals surface area contributed by atoms with Gasteiger partial charge >= 0.3 is 0 Å². The number of aryl methyl sites for hydroxylation is 2. The van der Waals surface area contributed by atoms with Gasteiger partial charge in [0.25, 0.3) is 5.91 Å². The van der Waals surface area contributed by atoms with Gasteiger partial charge in [0, 0.05) is 19.3 Å². The molecule has 0 aromatic carbocycles. The predicted molar refractivity (Wildman–Crippen MR) is 107 cm³/mol. The summed E-state index contributed by atoms with van der Waals surface area (Å²) in [5.41, 5.74) is 2.68. The summed E-state index contributed by atoms with van der Waals surface area (Å²) < 4.78 is 1.86. The molecule has 0 spiro atoms. The van der Waals surface area contributed by atoms with Crippen molar-refractivity contribution in [3.05, 3.63) is 41.9 Å². The fourth-order valence-corrected chi connectivity index (χ4v) is 3.61. The van der Waals surface area contributed by atoms with E-state index < -0.39 is 0 Å². The third-order valence-electron chi connectivity index (χ3n) is 4.94. The maximum absolute atomic E-state index is 12.5. The van der Waals surface area contributed by atoms with Crippen LogP contribution in [0.5, 0.6) is 0 Å². The summed E-state index contributed by atoms with van der Waals surface area (Å²) in [7, 11) is 1.97. The van der Waals surface area contributed by atoms with E-state index in [9.17, 15) is 4.79 Å². The number of nitrogens with zero attached hydrogens (tertiary/aromatic N) is 6. The highest BCUT2D eigenvalue weighted by atomic mass is 16.1. The SMILES string of the molecule is CNCC1CCN(c2cnc(C(=O)Nc3cn4cc(C)nc4c(C)n3)cn2)C1. The number of aromatic nitrogens is 5. The fraction of sp³-hybridized carbons (Fsp3) is 0.421. The molecule has 146 valence electrons. The number of nitrogens with one attached hydrogen (secondary N) is 2. The zero-order valence-electron chi connectivity index (χ0n) is 16.3. The minimum absolute atomic E-state index is 0.260. The van der Waals surface area contributed by atoms with Crippen molar-refractivity contribution in [2.24, 2.45) is 5.92 Å². The zero-order chi connectivity index (χ0) is 19.7. The van der Waals surface area contributed by atoms with Gasteiger partial charge in [-0.15, -0.1) is 0 Å². The van der Waals surface area contributed by atoms with Crippen molar-refractivity contribution in [2.75, 3.05) is 36.9 Å². The molecule has 2 N–H and O–H groups in total. The second kappa shape index (κ2) is 7.51. The van der Waals surface area contributed by atoms with Crippen LogP contribution in [0.15, 0.2) is 24.8 Å². The molecule has 1 aliphatic heterocycles. The number of imidazole rings is 1. The second-order valence-electron chi connectivity index (χ2n) is 7.20. The van der Waals surface area contributed by atoms with E-state index in [1.807, 2.05) is 31.5 Å². The van der Waals surface area contributed by atoms with Crippen LogP contribution in [0.4, 0.5) is 11.6 Å². The van der Waals surface area contributed by atoms with Crippen molar-refractivity contribution < 1.29 is 4.79 Å². The minimum atomic E-state index is -0.336. The summed E-state index contributed by atoms with van der Waals surface area (Å²) >= 11 is 0. The van der Waals surface area contributed by atoms with Gasteiger partial charge in [0.15, 0.2) is 5.65 Å². The van der Waals surface area contributed by atoms with E-state index in [0.29, 0.717) is 11.7 Å². The Balaban J connectivity index is 1.45. The monoisotopic (exact) mass is 380 g/mol. The van der Waals surface area contributed by atoms with Crippen LogP contribution in [0.1, 0.15) is 28.3 Å². The van der Waals surface area contributed by atoms with E-state index in [2.05, 4.69) is 35.5 Å². The van der Waals surface area contributed by atoms with Crippen molar-refractivity contribution in [1.82, 2.24) is 29.7 Å². The Morgan fingerprint density at radius 1 is 1.21 bits per heavy atom. The highest BCUT2D eigenvalue weighted by Crippen LogP contribution is 2.21. The Kier molecular flexibility index (Phi) is 4.91. The molecule has 1 aliphatic rings. The smallest absolute Gasteiger partial charge is 0.277 e. The first-order chi connectivity index (χ1) is 13.5. The predicted octanol–water partition coefficient (Wildman–Crippen LogP) is 1.43. The summed E-state index contributed by atoms with van der Waals surface area (Å²) in [5, 5.41) is 6.01. The van der Waals surface area contributed by atoms with E-state index in [0.717, 1.165) is 48.9 Å². The molecule has 4 heterocycles. The summed E-state index contributed by atoms with van der Waals surface area (Å²) in [5.74, 6) is 1.54. The van der Waals surface area contributed by atoms with E-state index in [1.54, 1.807) is 12.4 Å². The molecule has 3 aromatic rings. The number of amides is 1. The lowest BCUT2D eigenvalue weighted by Gasteiger charge is -2.17. The van der Waals surface area contributed by atoms with Gasteiger partial charge in [-0.1, -0.05) is 0 Å². The molecule has 28 heavy (non-hydrogen) atoms. The van der Waals surface area contributed by atoms with E-state index in [4.69, 9.17) is 0 Å². The van der Waals surface area contributed by atoms with Gasteiger partial charge in [-0.05, 0) is 39.8 Å². The van der Waals surface area contributed by atoms with Crippen LogP contribution in [-0.2, 0) is 0 Å². The summed E-state index contributed by atoms with van der Waals surface area (Å²) in [6.07, 6.45) is 7.95. The molecular formula is C19H24N8O. The molecule has 0 aliphatic carbocycles. The van der Waals surface area contributed by atoms with Gasteiger partial charge in [-0.3, -0.25) is 4.79 Å². The van der Waals surface area contributed by atoms with Crippen LogP contribution in [0.3, 0.4) is 0 Å². The molecule has 1 amide bonds. The van der Waals surface area contributed by atoms with Gasteiger partial charge in [0.2, 0.25) is 0 Å². The normalized spacial score (nSPS) is 16.7. The Labute approximate surface area is 163 Å². The Hall–Kier alpha value is -3.07. The topological polar surface area (TPSA) is 100 Å². The third-order valence-corrected chi connectivity index (χ3v) is 4.94. The molecule has 0 saturated carbocycles.